The van der Waals surface area contributed by atoms with Crippen molar-refractivity contribution in [3.05, 3.63) is 54.1 Å². The number of anilines is 1. The van der Waals surface area contributed by atoms with Crippen LogP contribution < -0.4 is 25.6 Å². The Bertz CT molecular complexity index is 959. The molecule has 3 amide bonds. The maximum atomic E-state index is 12.3. The van der Waals surface area contributed by atoms with Crippen LogP contribution in [0.5, 0.6) is 11.5 Å². The Morgan fingerprint density at radius 2 is 1.84 bits per heavy atom. The first kappa shape index (κ1) is 21.0. The molecule has 7 heteroatoms. The van der Waals surface area contributed by atoms with Crippen LogP contribution in [0.1, 0.15) is 51.0 Å². The van der Waals surface area contributed by atoms with Gasteiger partial charge in [-0.25, -0.2) is 10.2 Å². The van der Waals surface area contributed by atoms with Crippen LogP contribution in [0.4, 0.5) is 10.5 Å². The van der Waals surface area contributed by atoms with Gasteiger partial charge in [0.15, 0.2) is 11.5 Å². The summed E-state index contributed by atoms with van der Waals surface area (Å²) in [4.78, 5) is 24.6. The topological polar surface area (TPSA) is 88.7 Å². The third-order valence-corrected chi connectivity index (χ3v) is 5.92. The molecule has 2 aromatic rings. The molecule has 1 saturated carbocycles. The molecule has 2 unspecified atom stereocenters. The zero-order chi connectivity index (χ0) is 21.8. The van der Waals surface area contributed by atoms with Crippen molar-refractivity contribution in [2.24, 2.45) is 5.41 Å². The quantitative estimate of drug-likeness (QED) is 0.640. The van der Waals surface area contributed by atoms with E-state index in [1.165, 1.54) is 24.8 Å². The summed E-state index contributed by atoms with van der Waals surface area (Å²) in [5, 5.41) is 2.78. The van der Waals surface area contributed by atoms with E-state index < -0.39 is 18.0 Å². The second-order valence-electron chi connectivity index (χ2n) is 9.02. The maximum absolute atomic E-state index is 12.3. The first-order valence-electron chi connectivity index (χ1n) is 10.7. The number of carbonyl (C=O) groups excluding carboxylic acids is 2. The molecule has 164 valence electrons. The van der Waals surface area contributed by atoms with Crippen LogP contribution >= 0.6 is 0 Å². The van der Waals surface area contributed by atoms with Gasteiger partial charge in [-0.05, 0) is 60.4 Å². The van der Waals surface area contributed by atoms with Crippen LogP contribution in [0.15, 0.2) is 48.5 Å². The normalized spacial score (nSPS) is 21.6. The molecule has 0 spiro atoms. The van der Waals surface area contributed by atoms with E-state index in [4.69, 9.17) is 9.47 Å². The predicted molar refractivity (Wildman–Crippen MR) is 118 cm³/mol. The Morgan fingerprint density at radius 3 is 2.65 bits per heavy atom. The summed E-state index contributed by atoms with van der Waals surface area (Å²) < 4.78 is 11.2. The lowest BCUT2D eigenvalue weighted by atomic mass is 9.70. The van der Waals surface area contributed by atoms with Gasteiger partial charge < -0.3 is 14.8 Å². The Morgan fingerprint density at radius 1 is 1.03 bits per heavy atom. The molecule has 1 heterocycles. The van der Waals surface area contributed by atoms with Gasteiger partial charge >= 0.3 is 6.03 Å². The van der Waals surface area contributed by atoms with Crippen LogP contribution in [-0.2, 0) is 4.79 Å². The minimum Gasteiger partial charge on any atom is -0.485 e. The Kier molecular flexibility index (Phi) is 6.02. The summed E-state index contributed by atoms with van der Waals surface area (Å²) in [5.74, 6) is 1.11. The van der Waals surface area contributed by atoms with Gasteiger partial charge in [0, 0.05) is 5.69 Å². The molecule has 2 atom stereocenters. The van der Waals surface area contributed by atoms with E-state index in [-0.39, 0.29) is 6.61 Å². The number of carbonyl (C=O) groups is 2. The summed E-state index contributed by atoms with van der Waals surface area (Å²) >= 11 is 0. The van der Waals surface area contributed by atoms with Gasteiger partial charge in [0.25, 0.3) is 5.91 Å². The zero-order valence-electron chi connectivity index (χ0n) is 17.9. The lowest BCUT2D eigenvalue weighted by Crippen LogP contribution is -2.51. The second-order valence-corrected chi connectivity index (χ2v) is 9.02. The molecule has 0 saturated heterocycles. The molecular formula is C24H29N3O4. The van der Waals surface area contributed by atoms with E-state index in [2.05, 4.69) is 36.1 Å². The zero-order valence-corrected chi connectivity index (χ0v) is 17.9. The second kappa shape index (κ2) is 8.88. The van der Waals surface area contributed by atoms with Crippen LogP contribution in [0.25, 0.3) is 0 Å². The number of benzene rings is 2. The molecule has 0 aromatic heterocycles. The number of urea groups is 1. The average Bonchev–Trinajstić information content (AvgIpc) is 2.76. The minimum absolute atomic E-state index is 0.0753. The summed E-state index contributed by atoms with van der Waals surface area (Å²) in [6.45, 7) is 4.71. The number of nitrogens with one attached hydrogen (secondary N) is 3. The van der Waals surface area contributed by atoms with Crippen molar-refractivity contribution in [1.29, 1.82) is 0 Å². The fourth-order valence-electron chi connectivity index (χ4n) is 4.36. The molecule has 1 aliphatic heterocycles. The van der Waals surface area contributed by atoms with Crippen LogP contribution in [0.3, 0.4) is 0 Å². The summed E-state index contributed by atoms with van der Waals surface area (Å²) in [5.41, 5.74) is 7.04. The largest absolute Gasteiger partial charge is 0.485 e. The number of fused-ring (bicyclic) bond motifs is 1. The summed E-state index contributed by atoms with van der Waals surface area (Å²) in [6, 6.07) is 14.6. The van der Waals surface area contributed by atoms with Crippen LogP contribution in [0, 0.1) is 5.41 Å². The standard InChI is InChI=1S/C24H29N3O4/c1-24(2)12-6-8-17(14-24)16-7-5-9-18(13-16)25-23(29)27-26-22(28)21-15-30-19-10-3-4-11-20(19)31-21/h3-5,7,9-11,13,17,21H,6,8,12,14-15H2,1-2H3,(H,26,28)(H2,25,27,29). The number of hydrogen-bond donors (Lipinski definition) is 3. The lowest BCUT2D eigenvalue weighted by Gasteiger charge is -2.35. The minimum atomic E-state index is -0.840. The highest BCUT2D eigenvalue weighted by Gasteiger charge is 2.29. The predicted octanol–water partition coefficient (Wildman–Crippen LogP) is 4.36. The van der Waals surface area contributed by atoms with Gasteiger partial charge in [-0.15, -0.1) is 0 Å². The highest BCUT2D eigenvalue weighted by molar-refractivity contribution is 5.91. The molecule has 3 N–H and O–H groups in total. The van der Waals surface area contributed by atoms with E-state index >= 15 is 0 Å². The first-order chi connectivity index (χ1) is 14.9. The van der Waals surface area contributed by atoms with Crippen molar-refractivity contribution in [2.45, 2.75) is 51.6 Å². The number of hydrogen-bond acceptors (Lipinski definition) is 4. The molecule has 31 heavy (non-hydrogen) atoms. The van der Waals surface area contributed by atoms with Crippen LogP contribution in [-0.4, -0.2) is 24.6 Å². The molecule has 0 bridgehead atoms. The summed E-state index contributed by atoms with van der Waals surface area (Å²) in [6.07, 6.45) is 3.95. The molecule has 0 radical (unpaired) electrons. The highest BCUT2D eigenvalue weighted by Crippen LogP contribution is 2.43. The van der Waals surface area contributed by atoms with Gasteiger partial charge in [0.1, 0.15) is 6.61 Å². The Balaban J connectivity index is 1.29. The van der Waals surface area contributed by atoms with E-state index in [0.29, 0.717) is 28.5 Å². The van der Waals surface area contributed by atoms with Crippen molar-refractivity contribution in [2.75, 3.05) is 11.9 Å². The van der Waals surface area contributed by atoms with Crippen molar-refractivity contribution in [3.8, 4) is 11.5 Å². The Hall–Kier alpha value is -3.22. The fourth-order valence-corrected chi connectivity index (χ4v) is 4.36. The molecule has 1 fully saturated rings. The van der Waals surface area contributed by atoms with Crippen molar-refractivity contribution in [3.63, 3.8) is 0 Å². The number of hydrazine groups is 1. The van der Waals surface area contributed by atoms with Gasteiger partial charge in [-0.3, -0.25) is 10.2 Å². The van der Waals surface area contributed by atoms with E-state index in [1.807, 2.05) is 24.3 Å². The number of ether oxygens (including phenoxy) is 2. The van der Waals surface area contributed by atoms with Gasteiger partial charge in [0.2, 0.25) is 6.10 Å². The molecule has 1 aliphatic carbocycles. The smallest absolute Gasteiger partial charge is 0.337 e. The van der Waals surface area contributed by atoms with E-state index in [9.17, 15) is 9.59 Å². The molecule has 2 aromatic carbocycles. The third kappa shape index (κ3) is 5.29. The van der Waals surface area contributed by atoms with Crippen molar-refractivity contribution >= 4 is 17.6 Å². The highest BCUT2D eigenvalue weighted by atomic mass is 16.6. The Labute approximate surface area is 182 Å². The average molecular weight is 424 g/mol. The summed E-state index contributed by atoms with van der Waals surface area (Å²) in [7, 11) is 0. The first-order valence-corrected chi connectivity index (χ1v) is 10.7. The monoisotopic (exact) mass is 423 g/mol. The molecule has 2 aliphatic rings. The number of rotatable bonds is 3. The number of para-hydroxylation sites is 2. The molecule has 7 nitrogen and oxygen atoms in total. The molecular weight excluding hydrogens is 394 g/mol. The van der Waals surface area contributed by atoms with E-state index in [1.54, 1.807) is 18.2 Å². The lowest BCUT2D eigenvalue weighted by molar-refractivity contribution is -0.131. The van der Waals surface area contributed by atoms with Crippen molar-refractivity contribution in [1.82, 2.24) is 10.9 Å². The third-order valence-electron chi connectivity index (χ3n) is 5.92. The van der Waals surface area contributed by atoms with Gasteiger partial charge in [0.05, 0.1) is 0 Å². The SMILES string of the molecule is CC1(C)CCCC(c2cccc(NC(=O)NNC(=O)C3COc4ccccc4O3)c2)C1. The van der Waals surface area contributed by atoms with Crippen molar-refractivity contribution < 1.29 is 19.1 Å². The van der Waals surface area contributed by atoms with Gasteiger partial charge in [-0.2, -0.15) is 0 Å². The number of amides is 3. The molecule has 4 rings (SSSR count). The fraction of sp³-hybridized carbons (Fsp3) is 0.417. The maximum Gasteiger partial charge on any atom is 0.337 e. The van der Waals surface area contributed by atoms with Gasteiger partial charge in [-0.1, -0.05) is 44.5 Å². The van der Waals surface area contributed by atoms with Crippen LogP contribution in [0.2, 0.25) is 0 Å². The van der Waals surface area contributed by atoms with E-state index in [0.717, 1.165) is 6.42 Å².